The Morgan fingerprint density at radius 3 is 1.88 bits per heavy atom. The summed E-state index contributed by atoms with van der Waals surface area (Å²) in [6.45, 7) is 7.11. The Hall–Kier alpha value is -3.63. The van der Waals surface area contributed by atoms with E-state index in [1.165, 1.54) is 0 Å². The SMILES string of the molecule is C[Si](C)(C)CCO[C@@H]1O[C@H](COCc2ccccc2)C(=O)[C@H](OC(=O)c2ccccc2)[C@H]1OC(=O)c1ccccc1. The second-order valence-electron chi connectivity index (χ2n) is 11.0. The average molecular weight is 577 g/mol. The van der Waals surface area contributed by atoms with Crippen molar-refractivity contribution < 1.29 is 38.1 Å². The Labute approximate surface area is 241 Å². The highest BCUT2D eigenvalue weighted by Gasteiger charge is 2.50. The van der Waals surface area contributed by atoms with E-state index in [1.807, 2.05) is 30.3 Å². The summed E-state index contributed by atoms with van der Waals surface area (Å²) in [5, 5.41) is 0. The number of benzene rings is 3. The Morgan fingerprint density at radius 2 is 1.32 bits per heavy atom. The van der Waals surface area contributed by atoms with Crippen LogP contribution in [0, 0.1) is 0 Å². The zero-order valence-electron chi connectivity index (χ0n) is 23.6. The smallest absolute Gasteiger partial charge is 0.338 e. The molecule has 0 bridgehead atoms. The molecule has 8 nitrogen and oxygen atoms in total. The third-order valence-corrected chi connectivity index (χ3v) is 8.18. The second kappa shape index (κ2) is 14.3. The fraction of sp³-hybridized carbons (Fsp3) is 0.344. The molecule has 1 heterocycles. The number of ketones is 1. The van der Waals surface area contributed by atoms with E-state index in [0.717, 1.165) is 11.6 Å². The van der Waals surface area contributed by atoms with E-state index >= 15 is 0 Å². The van der Waals surface area contributed by atoms with E-state index in [4.69, 9.17) is 23.7 Å². The molecule has 0 aliphatic carbocycles. The van der Waals surface area contributed by atoms with Gasteiger partial charge in [0.2, 0.25) is 11.9 Å². The molecule has 3 aromatic carbocycles. The molecule has 0 aromatic heterocycles. The summed E-state index contributed by atoms with van der Waals surface area (Å²) in [7, 11) is -1.49. The molecule has 9 heteroatoms. The van der Waals surface area contributed by atoms with Crippen LogP contribution in [0.3, 0.4) is 0 Å². The van der Waals surface area contributed by atoms with Gasteiger partial charge in [0.25, 0.3) is 0 Å². The molecular formula is C32H36O8Si. The van der Waals surface area contributed by atoms with Crippen molar-refractivity contribution in [2.45, 2.75) is 56.9 Å². The first-order valence-corrected chi connectivity index (χ1v) is 17.4. The van der Waals surface area contributed by atoms with Crippen LogP contribution in [0.25, 0.3) is 0 Å². The molecule has 0 unspecified atom stereocenters. The Morgan fingerprint density at radius 1 is 0.780 bits per heavy atom. The van der Waals surface area contributed by atoms with Crippen molar-refractivity contribution >= 4 is 25.8 Å². The zero-order valence-corrected chi connectivity index (χ0v) is 24.6. The van der Waals surface area contributed by atoms with Crippen molar-refractivity contribution in [2.75, 3.05) is 13.2 Å². The van der Waals surface area contributed by atoms with Gasteiger partial charge in [0, 0.05) is 14.7 Å². The van der Waals surface area contributed by atoms with Crippen molar-refractivity contribution in [3.8, 4) is 0 Å². The van der Waals surface area contributed by atoms with E-state index in [0.29, 0.717) is 6.61 Å². The van der Waals surface area contributed by atoms with Gasteiger partial charge in [-0.1, -0.05) is 86.4 Å². The highest BCUT2D eigenvalue weighted by atomic mass is 28.3. The van der Waals surface area contributed by atoms with Crippen molar-refractivity contribution in [1.82, 2.24) is 0 Å². The number of hydrogen-bond acceptors (Lipinski definition) is 8. The fourth-order valence-electron chi connectivity index (χ4n) is 4.16. The molecule has 216 valence electrons. The molecule has 0 radical (unpaired) electrons. The molecule has 0 amide bonds. The van der Waals surface area contributed by atoms with Crippen LogP contribution in [0.1, 0.15) is 26.3 Å². The Kier molecular flexibility index (Phi) is 10.6. The molecule has 4 atom stereocenters. The predicted octanol–water partition coefficient (Wildman–Crippen LogP) is 5.30. The molecule has 1 saturated heterocycles. The minimum Gasteiger partial charge on any atom is -0.449 e. The van der Waals surface area contributed by atoms with Gasteiger partial charge in [-0.05, 0) is 35.9 Å². The van der Waals surface area contributed by atoms with E-state index in [9.17, 15) is 14.4 Å². The summed E-state index contributed by atoms with van der Waals surface area (Å²) in [5.74, 6) is -1.99. The lowest BCUT2D eigenvalue weighted by molar-refractivity contribution is -0.257. The van der Waals surface area contributed by atoms with Crippen molar-refractivity contribution in [3.63, 3.8) is 0 Å². The number of rotatable bonds is 12. The summed E-state index contributed by atoms with van der Waals surface area (Å²) in [6.07, 6.45) is -5.05. The van der Waals surface area contributed by atoms with Crippen LogP contribution in [0.5, 0.6) is 0 Å². The largest absolute Gasteiger partial charge is 0.449 e. The molecule has 0 spiro atoms. The maximum atomic E-state index is 13.7. The summed E-state index contributed by atoms with van der Waals surface area (Å²) in [4.78, 5) is 39.9. The lowest BCUT2D eigenvalue weighted by atomic mass is 10.00. The maximum absolute atomic E-state index is 13.7. The van der Waals surface area contributed by atoms with Gasteiger partial charge in [0.05, 0.1) is 24.3 Å². The van der Waals surface area contributed by atoms with Gasteiger partial charge < -0.3 is 23.7 Å². The predicted molar refractivity (Wildman–Crippen MR) is 155 cm³/mol. The van der Waals surface area contributed by atoms with Gasteiger partial charge in [-0.3, -0.25) is 4.79 Å². The van der Waals surface area contributed by atoms with Crippen LogP contribution < -0.4 is 0 Å². The molecule has 1 aliphatic heterocycles. The standard InChI is InChI=1S/C32H36O8Si/c1-41(2,3)20-19-37-32-29(40-31(35)25-17-11-6-12-18-25)28(39-30(34)24-15-9-5-10-16-24)27(33)26(38-32)22-36-21-23-13-7-4-8-14-23/h4-18,26,28-29,32H,19-22H2,1-3H3/t26-,28+,29-,32-/m1/s1. The van der Waals surface area contributed by atoms with Gasteiger partial charge in [-0.15, -0.1) is 0 Å². The minimum absolute atomic E-state index is 0.0969. The number of hydrogen-bond donors (Lipinski definition) is 0. The first-order valence-electron chi connectivity index (χ1n) is 13.7. The fourth-order valence-corrected chi connectivity index (χ4v) is 4.89. The van der Waals surface area contributed by atoms with Gasteiger partial charge >= 0.3 is 11.9 Å². The maximum Gasteiger partial charge on any atom is 0.338 e. The van der Waals surface area contributed by atoms with Crippen LogP contribution >= 0.6 is 0 Å². The quantitative estimate of drug-likeness (QED) is 0.212. The molecule has 4 rings (SSSR count). The number of Topliss-reactive ketones (excluding diaryl/α,β-unsaturated/α-hetero) is 1. The lowest BCUT2D eigenvalue weighted by Crippen LogP contribution is -2.60. The van der Waals surface area contributed by atoms with Gasteiger partial charge in [0.1, 0.15) is 6.10 Å². The van der Waals surface area contributed by atoms with Crippen LogP contribution in [-0.2, 0) is 35.1 Å². The summed E-state index contributed by atoms with van der Waals surface area (Å²) < 4.78 is 29.5. The van der Waals surface area contributed by atoms with E-state index < -0.39 is 50.4 Å². The molecule has 1 aliphatic rings. The Bertz CT molecular complexity index is 1280. The van der Waals surface area contributed by atoms with Crippen LogP contribution in [0.4, 0.5) is 0 Å². The number of ether oxygens (including phenoxy) is 5. The van der Waals surface area contributed by atoms with Gasteiger partial charge in [-0.2, -0.15) is 0 Å². The molecule has 0 saturated carbocycles. The summed E-state index contributed by atoms with van der Waals surface area (Å²) in [5.41, 5.74) is 1.47. The topological polar surface area (TPSA) is 97.4 Å². The van der Waals surface area contributed by atoms with Crippen molar-refractivity contribution in [1.29, 1.82) is 0 Å². The molecule has 1 fully saturated rings. The van der Waals surface area contributed by atoms with E-state index in [-0.39, 0.29) is 24.3 Å². The summed E-state index contributed by atoms with van der Waals surface area (Å²) in [6, 6.07) is 27.0. The third kappa shape index (κ3) is 8.93. The second-order valence-corrected chi connectivity index (χ2v) is 16.6. The zero-order chi connectivity index (χ0) is 29.2. The van der Waals surface area contributed by atoms with Crippen molar-refractivity contribution in [3.05, 3.63) is 108 Å². The molecular weight excluding hydrogens is 540 g/mol. The number of esters is 2. The van der Waals surface area contributed by atoms with Gasteiger partial charge in [-0.25, -0.2) is 9.59 Å². The number of carbonyl (C=O) groups excluding carboxylic acids is 3. The van der Waals surface area contributed by atoms with Gasteiger partial charge in [0.15, 0.2) is 12.4 Å². The average Bonchev–Trinajstić information content (AvgIpc) is 2.97. The molecule has 0 N–H and O–H groups in total. The van der Waals surface area contributed by atoms with Crippen molar-refractivity contribution in [2.24, 2.45) is 0 Å². The molecule has 3 aromatic rings. The first-order chi connectivity index (χ1) is 19.7. The first kappa shape index (κ1) is 30.3. The lowest BCUT2D eigenvalue weighted by Gasteiger charge is -2.39. The minimum atomic E-state index is -1.49. The normalized spacial score (nSPS) is 20.8. The molecule has 41 heavy (non-hydrogen) atoms. The van der Waals surface area contributed by atoms with Crippen LogP contribution in [0.2, 0.25) is 25.7 Å². The Balaban J connectivity index is 1.59. The third-order valence-electron chi connectivity index (χ3n) is 6.47. The van der Waals surface area contributed by atoms with E-state index in [2.05, 4.69) is 19.6 Å². The number of carbonyl (C=O) groups is 3. The monoisotopic (exact) mass is 576 g/mol. The summed E-state index contributed by atoms with van der Waals surface area (Å²) >= 11 is 0. The van der Waals surface area contributed by atoms with Crippen LogP contribution in [0.15, 0.2) is 91.0 Å². The van der Waals surface area contributed by atoms with Crippen LogP contribution in [-0.4, -0.2) is 63.6 Å². The van der Waals surface area contributed by atoms with E-state index in [1.54, 1.807) is 60.7 Å². The highest BCUT2D eigenvalue weighted by molar-refractivity contribution is 6.76. The highest BCUT2D eigenvalue weighted by Crippen LogP contribution is 2.27.